The normalized spacial score (nSPS) is 17.3. The Hall–Kier alpha value is -2.86. The number of hydrogen-bond donors (Lipinski definition) is 1. The first-order valence-electron chi connectivity index (χ1n) is 9.94. The van der Waals surface area contributed by atoms with Crippen molar-refractivity contribution >= 4 is 34.2 Å². The van der Waals surface area contributed by atoms with Gasteiger partial charge in [-0.25, -0.2) is 9.97 Å². The first-order chi connectivity index (χ1) is 14.1. The molecule has 7 heteroatoms. The van der Waals surface area contributed by atoms with Crippen molar-refractivity contribution in [1.82, 2.24) is 24.3 Å². The van der Waals surface area contributed by atoms with Crippen LogP contribution in [0.4, 0.5) is 0 Å². The van der Waals surface area contributed by atoms with Gasteiger partial charge in [0.05, 0.1) is 11.0 Å². The number of aromatic amines is 1. The quantitative estimate of drug-likeness (QED) is 0.551. The molecule has 0 bridgehead atoms. The van der Waals surface area contributed by atoms with E-state index in [0.717, 1.165) is 60.4 Å². The number of imidazole rings is 2. The fourth-order valence-corrected chi connectivity index (χ4v) is 4.41. The Morgan fingerprint density at radius 2 is 2.21 bits per heavy atom. The molecule has 29 heavy (non-hydrogen) atoms. The molecular weight excluding hydrogens is 386 g/mol. The van der Waals surface area contributed by atoms with E-state index in [1.165, 1.54) is 0 Å². The molecule has 0 saturated carbocycles. The van der Waals surface area contributed by atoms with Crippen LogP contribution in [0.1, 0.15) is 34.7 Å². The lowest BCUT2D eigenvalue weighted by Gasteiger charge is -2.32. The third-order valence-electron chi connectivity index (χ3n) is 5.68. The number of aromatic nitrogens is 4. The number of likely N-dealkylation sites (tertiary alicyclic amines) is 1. The molecule has 5 rings (SSSR count). The van der Waals surface area contributed by atoms with E-state index < -0.39 is 0 Å². The number of rotatable bonds is 3. The largest absolute Gasteiger partial charge is 0.342 e. The molecule has 4 aromatic rings. The standard InChI is InChI=1S/C22H22ClN5O/c1-14-4-2-8-27-13-19(26-21(14)27)22(29)28-9-3-5-15(12-28)10-20-24-17-7-6-16(23)11-18(17)25-20/h2,4,6-8,11,13,15H,3,5,9-10,12H2,1H3,(H,24,25)/t15-/m1/s1. The number of piperidine rings is 1. The Labute approximate surface area is 173 Å². The molecule has 3 aromatic heterocycles. The fraction of sp³-hybridized carbons (Fsp3) is 0.318. The van der Waals surface area contributed by atoms with E-state index in [0.29, 0.717) is 16.6 Å². The molecule has 1 saturated heterocycles. The van der Waals surface area contributed by atoms with E-state index >= 15 is 0 Å². The van der Waals surface area contributed by atoms with Crippen molar-refractivity contribution in [2.24, 2.45) is 5.92 Å². The molecule has 1 aliphatic rings. The average molecular weight is 408 g/mol. The Balaban J connectivity index is 1.32. The van der Waals surface area contributed by atoms with Gasteiger partial charge < -0.3 is 14.3 Å². The molecular formula is C22H22ClN5O. The van der Waals surface area contributed by atoms with Crippen molar-refractivity contribution in [2.45, 2.75) is 26.2 Å². The number of halogens is 1. The molecule has 0 spiro atoms. The zero-order chi connectivity index (χ0) is 20.0. The first kappa shape index (κ1) is 18.2. The summed E-state index contributed by atoms with van der Waals surface area (Å²) in [6.45, 7) is 3.51. The van der Waals surface area contributed by atoms with Crippen LogP contribution in [-0.2, 0) is 6.42 Å². The second kappa shape index (κ2) is 7.19. The summed E-state index contributed by atoms with van der Waals surface area (Å²) in [7, 11) is 0. The number of carbonyl (C=O) groups is 1. The van der Waals surface area contributed by atoms with E-state index in [1.54, 1.807) is 0 Å². The topological polar surface area (TPSA) is 66.3 Å². The fourth-order valence-electron chi connectivity index (χ4n) is 4.24. The molecule has 1 amide bonds. The molecule has 1 atom stereocenters. The number of amides is 1. The van der Waals surface area contributed by atoms with Crippen molar-refractivity contribution < 1.29 is 4.79 Å². The SMILES string of the molecule is Cc1cccn2cc(C(=O)N3CCC[C@H](Cc4nc5ccc(Cl)cc5[nH]4)C3)nc12. The molecule has 1 fully saturated rings. The maximum Gasteiger partial charge on any atom is 0.274 e. The molecule has 1 aromatic carbocycles. The zero-order valence-electron chi connectivity index (χ0n) is 16.2. The van der Waals surface area contributed by atoms with Crippen molar-refractivity contribution in [1.29, 1.82) is 0 Å². The predicted octanol–water partition coefficient (Wildman–Crippen LogP) is 4.27. The second-order valence-electron chi connectivity index (χ2n) is 7.86. The summed E-state index contributed by atoms with van der Waals surface area (Å²) in [5.74, 6) is 1.33. The van der Waals surface area contributed by atoms with Gasteiger partial charge in [-0.1, -0.05) is 17.7 Å². The Bertz CT molecular complexity index is 1210. The molecule has 0 unspecified atom stereocenters. The smallest absolute Gasteiger partial charge is 0.274 e. The first-order valence-corrected chi connectivity index (χ1v) is 10.3. The molecule has 0 radical (unpaired) electrons. The number of hydrogen-bond acceptors (Lipinski definition) is 3. The average Bonchev–Trinajstić information content (AvgIpc) is 3.31. The maximum atomic E-state index is 13.1. The van der Waals surface area contributed by atoms with Crippen LogP contribution in [0, 0.1) is 12.8 Å². The van der Waals surface area contributed by atoms with Gasteiger partial charge in [-0.2, -0.15) is 0 Å². The Morgan fingerprint density at radius 3 is 3.07 bits per heavy atom. The summed E-state index contributed by atoms with van der Waals surface area (Å²) in [6, 6.07) is 9.66. The number of pyridine rings is 1. The van der Waals surface area contributed by atoms with Crippen LogP contribution < -0.4 is 0 Å². The number of H-pyrrole nitrogens is 1. The maximum absolute atomic E-state index is 13.1. The Morgan fingerprint density at radius 1 is 1.31 bits per heavy atom. The van der Waals surface area contributed by atoms with Gasteiger partial charge in [0.1, 0.15) is 17.2 Å². The van der Waals surface area contributed by atoms with Crippen LogP contribution >= 0.6 is 11.6 Å². The zero-order valence-corrected chi connectivity index (χ0v) is 17.0. The van der Waals surface area contributed by atoms with E-state index in [2.05, 4.69) is 15.0 Å². The van der Waals surface area contributed by atoms with Gasteiger partial charge in [-0.05, 0) is 55.5 Å². The van der Waals surface area contributed by atoms with E-state index in [-0.39, 0.29) is 5.91 Å². The van der Waals surface area contributed by atoms with E-state index in [1.807, 2.05) is 58.9 Å². The molecule has 148 valence electrons. The predicted molar refractivity (Wildman–Crippen MR) is 113 cm³/mol. The van der Waals surface area contributed by atoms with Crippen LogP contribution in [0.3, 0.4) is 0 Å². The lowest BCUT2D eigenvalue weighted by Crippen LogP contribution is -2.40. The van der Waals surface area contributed by atoms with Crippen LogP contribution in [0.5, 0.6) is 0 Å². The van der Waals surface area contributed by atoms with Crippen molar-refractivity contribution in [3.63, 3.8) is 0 Å². The van der Waals surface area contributed by atoms with Crippen molar-refractivity contribution in [3.8, 4) is 0 Å². The molecule has 6 nitrogen and oxygen atoms in total. The van der Waals surface area contributed by atoms with Crippen LogP contribution in [0.25, 0.3) is 16.7 Å². The molecule has 0 aliphatic carbocycles. The monoisotopic (exact) mass is 407 g/mol. The summed E-state index contributed by atoms with van der Waals surface area (Å²) in [6.07, 6.45) is 6.66. The second-order valence-corrected chi connectivity index (χ2v) is 8.29. The molecule has 1 aliphatic heterocycles. The van der Waals surface area contributed by atoms with E-state index in [9.17, 15) is 4.79 Å². The van der Waals surface area contributed by atoms with Crippen LogP contribution in [0.15, 0.2) is 42.7 Å². The summed E-state index contributed by atoms with van der Waals surface area (Å²) in [5, 5.41) is 0.699. The minimum atomic E-state index is 0.00851. The minimum Gasteiger partial charge on any atom is -0.342 e. The summed E-state index contributed by atoms with van der Waals surface area (Å²) in [4.78, 5) is 27.6. The number of aryl methyl sites for hydroxylation is 1. The van der Waals surface area contributed by atoms with Crippen molar-refractivity contribution in [3.05, 3.63) is 64.8 Å². The van der Waals surface area contributed by atoms with Gasteiger partial charge in [-0.15, -0.1) is 0 Å². The number of carbonyl (C=O) groups excluding carboxylic acids is 1. The van der Waals surface area contributed by atoms with Gasteiger partial charge in [0.2, 0.25) is 0 Å². The Kier molecular flexibility index (Phi) is 4.51. The molecule has 1 N–H and O–H groups in total. The number of nitrogens with zero attached hydrogens (tertiary/aromatic N) is 4. The third kappa shape index (κ3) is 3.49. The number of nitrogens with one attached hydrogen (secondary N) is 1. The minimum absolute atomic E-state index is 0.00851. The lowest BCUT2D eigenvalue weighted by atomic mass is 9.94. The highest BCUT2D eigenvalue weighted by Crippen LogP contribution is 2.24. The van der Waals surface area contributed by atoms with Crippen LogP contribution in [-0.4, -0.2) is 43.2 Å². The number of fused-ring (bicyclic) bond motifs is 2. The highest BCUT2D eigenvalue weighted by Gasteiger charge is 2.27. The van der Waals surface area contributed by atoms with Crippen LogP contribution in [0.2, 0.25) is 5.02 Å². The number of benzene rings is 1. The summed E-state index contributed by atoms with van der Waals surface area (Å²) >= 11 is 6.07. The highest BCUT2D eigenvalue weighted by atomic mass is 35.5. The lowest BCUT2D eigenvalue weighted by molar-refractivity contribution is 0.0667. The van der Waals surface area contributed by atoms with Crippen molar-refractivity contribution in [2.75, 3.05) is 13.1 Å². The third-order valence-corrected chi connectivity index (χ3v) is 5.91. The van der Waals surface area contributed by atoms with Gasteiger partial charge >= 0.3 is 0 Å². The highest BCUT2D eigenvalue weighted by molar-refractivity contribution is 6.31. The van der Waals surface area contributed by atoms with Gasteiger partial charge in [0, 0.05) is 36.9 Å². The summed E-state index contributed by atoms with van der Waals surface area (Å²) < 4.78 is 1.92. The van der Waals surface area contributed by atoms with Gasteiger partial charge in [-0.3, -0.25) is 4.79 Å². The van der Waals surface area contributed by atoms with Gasteiger partial charge in [0.25, 0.3) is 5.91 Å². The van der Waals surface area contributed by atoms with Gasteiger partial charge in [0.15, 0.2) is 0 Å². The van der Waals surface area contributed by atoms with E-state index in [4.69, 9.17) is 11.6 Å². The summed E-state index contributed by atoms with van der Waals surface area (Å²) in [5.41, 5.74) is 4.29. The molecule has 4 heterocycles.